The van der Waals surface area contributed by atoms with Crippen LogP contribution in [0, 0.1) is 6.92 Å². The van der Waals surface area contributed by atoms with E-state index in [1.807, 2.05) is 26.8 Å². The third-order valence-electron chi connectivity index (χ3n) is 4.90. The lowest BCUT2D eigenvalue weighted by molar-refractivity contribution is -0.116. The van der Waals surface area contributed by atoms with E-state index in [0.717, 1.165) is 5.56 Å². The van der Waals surface area contributed by atoms with Crippen LogP contribution in [-0.2, 0) is 11.3 Å². The van der Waals surface area contributed by atoms with Crippen LogP contribution in [0.25, 0.3) is 10.9 Å². The molecule has 0 aliphatic carbocycles. The highest BCUT2D eigenvalue weighted by Gasteiger charge is 2.18. The molecule has 146 valence electrons. The van der Waals surface area contributed by atoms with Gasteiger partial charge in [0.15, 0.2) is 0 Å². The minimum Gasteiger partial charge on any atom is -0.323 e. The summed E-state index contributed by atoms with van der Waals surface area (Å²) >= 11 is 6.18. The first-order valence-electron chi connectivity index (χ1n) is 9.14. The molecule has 0 fully saturated rings. The van der Waals surface area contributed by atoms with Gasteiger partial charge in [0, 0.05) is 6.04 Å². The number of hydrogen-bond donors (Lipinski definition) is 1. The first-order valence-corrected chi connectivity index (χ1v) is 9.52. The molecule has 1 heterocycles. The summed E-state index contributed by atoms with van der Waals surface area (Å²) in [5, 5.41) is 3.61. The van der Waals surface area contributed by atoms with Crippen molar-refractivity contribution in [2.45, 2.75) is 39.8 Å². The molecular formula is C21H22ClN3O3. The maximum absolute atomic E-state index is 13.0. The lowest BCUT2D eigenvalue weighted by Gasteiger charge is -2.18. The van der Waals surface area contributed by atoms with Gasteiger partial charge in [0.25, 0.3) is 5.56 Å². The van der Waals surface area contributed by atoms with Crippen molar-refractivity contribution in [1.29, 1.82) is 0 Å². The van der Waals surface area contributed by atoms with Gasteiger partial charge in [-0.05, 0) is 44.0 Å². The Kier molecular flexibility index (Phi) is 5.70. The number of anilines is 1. The lowest BCUT2D eigenvalue weighted by atomic mass is 10.2. The van der Waals surface area contributed by atoms with Crippen molar-refractivity contribution in [1.82, 2.24) is 9.13 Å². The molecule has 1 atom stereocenters. The van der Waals surface area contributed by atoms with E-state index < -0.39 is 11.6 Å². The van der Waals surface area contributed by atoms with Gasteiger partial charge in [-0.15, -0.1) is 0 Å². The quantitative estimate of drug-likeness (QED) is 0.710. The Labute approximate surface area is 167 Å². The highest BCUT2D eigenvalue weighted by atomic mass is 35.5. The molecular weight excluding hydrogens is 378 g/mol. The van der Waals surface area contributed by atoms with Gasteiger partial charge in [-0.1, -0.05) is 42.8 Å². The van der Waals surface area contributed by atoms with Gasteiger partial charge in [0.1, 0.15) is 6.54 Å². The van der Waals surface area contributed by atoms with E-state index in [4.69, 9.17) is 11.6 Å². The van der Waals surface area contributed by atoms with E-state index in [1.54, 1.807) is 36.4 Å². The molecule has 0 radical (unpaired) electrons. The maximum atomic E-state index is 13.0. The number of nitrogens with one attached hydrogen (secondary N) is 1. The van der Waals surface area contributed by atoms with Crippen LogP contribution in [0.2, 0.25) is 5.02 Å². The third-order valence-corrected chi connectivity index (χ3v) is 5.22. The summed E-state index contributed by atoms with van der Waals surface area (Å²) < 4.78 is 2.56. The Morgan fingerprint density at radius 1 is 1.14 bits per heavy atom. The van der Waals surface area contributed by atoms with Crippen molar-refractivity contribution in [3.05, 3.63) is 73.9 Å². The average Bonchev–Trinajstić information content (AvgIpc) is 2.68. The van der Waals surface area contributed by atoms with Gasteiger partial charge in [0.05, 0.1) is 21.6 Å². The fourth-order valence-corrected chi connectivity index (χ4v) is 3.45. The van der Waals surface area contributed by atoms with Crippen LogP contribution in [-0.4, -0.2) is 15.0 Å². The monoisotopic (exact) mass is 399 g/mol. The maximum Gasteiger partial charge on any atom is 0.332 e. The second kappa shape index (κ2) is 8.02. The number of carbonyl (C=O) groups excluding carboxylic acids is 1. The predicted octanol–water partition coefficient (Wildman–Crippen LogP) is 3.73. The summed E-state index contributed by atoms with van der Waals surface area (Å²) in [6.45, 7) is 5.34. The highest BCUT2D eigenvalue weighted by Crippen LogP contribution is 2.25. The Morgan fingerprint density at radius 3 is 2.54 bits per heavy atom. The molecule has 28 heavy (non-hydrogen) atoms. The Balaban J connectivity index is 2.09. The lowest BCUT2D eigenvalue weighted by Crippen LogP contribution is -2.43. The molecule has 1 aromatic heterocycles. The zero-order chi connectivity index (χ0) is 20.4. The van der Waals surface area contributed by atoms with Gasteiger partial charge in [-0.25, -0.2) is 4.79 Å². The highest BCUT2D eigenvalue weighted by molar-refractivity contribution is 6.33. The summed E-state index contributed by atoms with van der Waals surface area (Å²) in [5.41, 5.74) is 0.935. The number of carbonyl (C=O) groups is 1. The molecule has 3 rings (SSSR count). The number of hydrogen-bond acceptors (Lipinski definition) is 3. The minimum atomic E-state index is -0.496. The number of aryl methyl sites for hydroxylation is 1. The van der Waals surface area contributed by atoms with Gasteiger partial charge in [-0.3, -0.25) is 18.7 Å². The smallest absolute Gasteiger partial charge is 0.323 e. The Hall–Kier alpha value is -2.86. The van der Waals surface area contributed by atoms with E-state index in [-0.39, 0.29) is 18.1 Å². The number of amides is 1. The van der Waals surface area contributed by atoms with E-state index in [2.05, 4.69) is 5.32 Å². The first kappa shape index (κ1) is 19.9. The van der Waals surface area contributed by atoms with Gasteiger partial charge in [0.2, 0.25) is 5.91 Å². The molecule has 0 aliphatic rings. The molecule has 1 unspecified atom stereocenters. The van der Waals surface area contributed by atoms with Gasteiger partial charge >= 0.3 is 5.69 Å². The summed E-state index contributed by atoms with van der Waals surface area (Å²) in [6, 6.07) is 11.9. The zero-order valence-corrected chi connectivity index (χ0v) is 16.8. The number of nitrogens with zero attached hydrogens (tertiary/aromatic N) is 2. The van der Waals surface area contributed by atoms with Crippen LogP contribution >= 0.6 is 11.6 Å². The molecule has 3 aromatic rings. The number of fused-ring (bicyclic) bond motifs is 1. The van der Waals surface area contributed by atoms with Crippen LogP contribution in [0.5, 0.6) is 0 Å². The Bertz CT molecular complexity index is 1140. The summed E-state index contributed by atoms with van der Waals surface area (Å²) in [6.07, 6.45) is 0.624. The number of para-hydroxylation sites is 2. The van der Waals surface area contributed by atoms with Crippen LogP contribution in [0.1, 0.15) is 31.9 Å². The van der Waals surface area contributed by atoms with Crippen molar-refractivity contribution in [2.75, 3.05) is 5.32 Å². The number of rotatable bonds is 5. The predicted molar refractivity (Wildman–Crippen MR) is 112 cm³/mol. The molecule has 0 saturated carbocycles. The van der Waals surface area contributed by atoms with E-state index in [0.29, 0.717) is 28.0 Å². The number of aromatic nitrogens is 2. The molecule has 0 bridgehead atoms. The van der Waals surface area contributed by atoms with Crippen LogP contribution < -0.4 is 16.6 Å². The molecule has 0 saturated heterocycles. The van der Waals surface area contributed by atoms with Crippen molar-refractivity contribution in [3.63, 3.8) is 0 Å². The molecule has 2 aromatic carbocycles. The SMILES string of the molecule is CCC(C)n1c(=O)c2ccccc2n(CC(=O)Nc2c(C)cccc2Cl)c1=O. The van der Waals surface area contributed by atoms with E-state index in [9.17, 15) is 14.4 Å². The van der Waals surface area contributed by atoms with Gasteiger partial charge < -0.3 is 5.32 Å². The summed E-state index contributed by atoms with van der Waals surface area (Å²) in [5.74, 6) is -0.391. The molecule has 6 nitrogen and oxygen atoms in total. The van der Waals surface area contributed by atoms with E-state index >= 15 is 0 Å². The van der Waals surface area contributed by atoms with Crippen LogP contribution in [0.15, 0.2) is 52.1 Å². The number of benzene rings is 2. The molecule has 1 N–H and O–H groups in total. The Morgan fingerprint density at radius 2 is 1.86 bits per heavy atom. The van der Waals surface area contributed by atoms with Crippen molar-refractivity contribution in [2.24, 2.45) is 0 Å². The van der Waals surface area contributed by atoms with Crippen molar-refractivity contribution >= 4 is 34.1 Å². The topological polar surface area (TPSA) is 73.1 Å². The van der Waals surface area contributed by atoms with Crippen molar-refractivity contribution in [3.8, 4) is 0 Å². The van der Waals surface area contributed by atoms with Gasteiger partial charge in [-0.2, -0.15) is 0 Å². The normalized spacial score (nSPS) is 12.1. The fraction of sp³-hybridized carbons (Fsp3) is 0.286. The second-order valence-corrected chi connectivity index (χ2v) is 7.21. The third kappa shape index (κ3) is 3.60. The van der Waals surface area contributed by atoms with Crippen LogP contribution in [0.4, 0.5) is 5.69 Å². The minimum absolute atomic E-state index is 0.222. The largest absolute Gasteiger partial charge is 0.332 e. The standard InChI is InChI=1S/C21H22ClN3O3/c1-4-14(3)25-20(27)15-9-5-6-11-17(15)24(21(25)28)12-18(26)23-19-13(2)8-7-10-16(19)22/h5-11,14H,4,12H2,1-3H3,(H,23,26). The van der Waals surface area contributed by atoms with Crippen LogP contribution in [0.3, 0.4) is 0 Å². The molecule has 0 spiro atoms. The average molecular weight is 400 g/mol. The van der Waals surface area contributed by atoms with E-state index in [1.165, 1.54) is 9.13 Å². The molecule has 0 aliphatic heterocycles. The molecule has 1 amide bonds. The number of halogens is 1. The summed E-state index contributed by atoms with van der Waals surface area (Å²) in [7, 11) is 0. The first-order chi connectivity index (χ1) is 13.3. The second-order valence-electron chi connectivity index (χ2n) is 6.80. The molecule has 7 heteroatoms. The van der Waals surface area contributed by atoms with Crippen molar-refractivity contribution < 1.29 is 4.79 Å². The zero-order valence-electron chi connectivity index (χ0n) is 16.0. The summed E-state index contributed by atoms with van der Waals surface area (Å²) in [4.78, 5) is 38.5. The fourth-order valence-electron chi connectivity index (χ4n) is 3.18.